The molecule has 0 unspecified atom stereocenters. The van der Waals surface area contributed by atoms with Crippen molar-refractivity contribution in [2.75, 3.05) is 25.5 Å². The molecule has 0 heterocycles. The summed E-state index contributed by atoms with van der Waals surface area (Å²) in [4.78, 5) is 13.3. The van der Waals surface area contributed by atoms with Crippen LogP contribution in [-0.4, -0.2) is 31.1 Å². The molecule has 0 atom stereocenters. The van der Waals surface area contributed by atoms with E-state index in [0.717, 1.165) is 5.69 Å². The monoisotopic (exact) mass is 249 g/mol. The van der Waals surface area contributed by atoms with Gasteiger partial charge in [-0.1, -0.05) is 26.0 Å². The fourth-order valence-electron chi connectivity index (χ4n) is 1.49. The van der Waals surface area contributed by atoms with E-state index < -0.39 is 0 Å². The van der Waals surface area contributed by atoms with Gasteiger partial charge in [-0.15, -0.1) is 0 Å². The molecule has 0 bridgehead atoms. The number of carbonyl (C=O) groups excluding carboxylic acids is 1. The standard InChI is InChI=1S/C14H23N3O/c1-5-17(4)13(18)16-12-8-6-11(7-9-12)14(2,3)10-15/h6-9H,5,10,15H2,1-4H3,(H,16,18). The number of nitrogens with zero attached hydrogens (tertiary/aromatic N) is 1. The zero-order valence-corrected chi connectivity index (χ0v) is 11.7. The van der Waals surface area contributed by atoms with Crippen molar-refractivity contribution in [3.63, 3.8) is 0 Å². The molecule has 0 spiro atoms. The fourth-order valence-corrected chi connectivity index (χ4v) is 1.49. The number of amides is 2. The minimum Gasteiger partial charge on any atom is -0.330 e. The first-order valence-electron chi connectivity index (χ1n) is 6.23. The maximum Gasteiger partial charge on any atom is 0.321 e. The second-order valence-electron chi connectivity index (χ2n) is 5.11. The molecule has 3 N–H and O–H groups in total. The predicted molar refractivity (Wildman–Crippen MR) is 75.8 cm³/mol. The van der Waals surface area contributed by atoms with Crippen LogP contribution in [0.25, 0.3) is 0 Å². The number of nitrogens with two attached hydrogens (primary N) is 1. The molecule has 0 aliphatic carbocycles. The van der Waals surface area contributed by atoms with Crippen molar-refractivity contribution in [2.24, 2.45) is 5.73 Å². The molecule has 0 radical (unpaired) electrons. The van der Waals surface area contributed by atoms with Gasteiger partial charge < -0.3 is 16.0 Å². The van der Waals surface area contributed by atoms with Gasteiger partial charge in [0.1, 0.15) is 0 Å². The number of urea groups is 1. The summed E-state index contributed by atoms with van der Waals surface area (Å²) < 4.78 is 0. The van der Waals surface area contributed by atoms with Crippen LogP contribution in [0.4, 0.5) is 10.5 Å². The molecule has 0 fully saturated rings. The minimum atomic E-state index is -0.0941. The Bertz CT molecular complexity index is 398. The van der Waals surface area contributed by atoms with Crippen LogP contribution in [0.1, 0.15) is 26.3 Å². The van der Waals surface area contributed by atoms with Gasteiger partial charge in [0.2, 0.25) is 0 Å². The van der Waals surface area contributed by atoms with Crippen molar-refractivity contribution in [1.82, 2.24) is 4.90 Å². The van der Waals surface area contributed by atoms with E-state index in [4.69, 9.17) is 5.73 Å². The van der Waals surface area contributed by atoms with E-state index in [1.54, 1.807) is 11.9 Å². The van der Waals surface area contributed by atoms with Gasteiger partial charge in [0.25, 0.3) is 0 Å². The van der Waals surface area contributed by atoms with E-state index in [1.807, 2.05) is 31.2 Å². The highest BCUT2D eigenvalue weighted by molar-refractivity contribution is 5.89. The van der Waals surface area contributed by atoms with Crippen LogP contribution >= 0.6 is 0 Å². The number of anilines is 1. The third-order valence-corrected chi connectivity index (χ3v) is 3.25. The van der Waals surface area contributed by atoms with Crippen LogP contribution in [0.15, 0.2) is 24.3 Å². The number of hydrogen-bond donors (Lipinski definition) is 2. The molecule has 1 aromatic rings. The molecular weight excluding hydrogens is 226 g/mol. The minimum absolute atomic E-state index is 0.0389. The largest absolute Gasteiger partial charge is 0.330 e. The van der Waals surface area contributed by atoms with Gasteiger partial charge in [-0.3, -0.25) is 0 Å². The summed E-state index contributed by atoms with van der Waals surface area (Å²) in [6.07, 6.45) is 0. The molecule has 0 aliphatic rings. The molecule has 18 heavy (non-hydrogen) atoms. The lowest BCUT2D eigenvalue weighted by atomic mass is 9.85. The number of rotatable bonds is 4. The molecule has 0 aliphatic heterocycles. The Labute approximate surface area is 109 Å². The predicted octanol–water partition coefficient (Wildman–Crippen LogP) is 2.41. The Morgan fingerprint density at radius 2 is 1.89 bits per heavy atom. The van der Waals surface area contributed by atoms with Gasteiger partial charge in [0, 0.05) is 31.2 Å². The average Bonchev–Trinajstić information content (AvgIpc) is 2.38. The summed E-state index contributed by atoms with van der Waals surface area (Å²) in [5.41, 5.74) is 7.68. The van der Waals surface area contributed by atoms with E-state index in [0.29, 0.717) is 13.1 Å². The molecule has 1 rings (SSSR count). The number of benzene rings is 1. The third-order valence-electron chi connectivity index (χ3n) is 3.25. The van der Waals surface area contributed by atoms with E-state index in [1.165, 1.54) is 5.56 Å². The van der Waals surface area contributed by atoms with Crippen LogP contribution in [0.2, 0.25) is 0 Å². The highest BCUT2D eigenvalue weighted by Gasteiger charge is 2.18. The van der Waals surface area contributed by atoms with Crippen LogP contribution in [0.5, 0.6) is 0 Å². The average molecular weight is 249 g/mol. The third kappa shape index (κ3) is 3.47. The lowest BCUT2D eigenvalue weighted by Gasteiger charge is -2.23. The maximum absolute atomic E-state index is 11.7. The van der Waals surface area contributed by atoms with Gasteiger partial charge in [0.15, 0.2) is 0 Å². The molecule has 1 aromatic carbocycles. The number of carbonyl (C=O) groups is 1. The molecule has 100 valence electrons. The summed E-state index contributed by atoms with van der Waals surface area (Å²) in [6.45, 7) is 7.42. The zero-order chi connectivity index (χ0) is 13.8. The summed E-state index contributed by atoms with van der Waals surface area (Å²) in [5.74, 6) is 0. The fraction of sp³-hybridized carbons (Fsp3) is 0.500. The first-order valence-corrected chi connectivity index (χ1v) is 6.23. The van der Waals surface area contributed by atoms with Crippen molar-refractivity contribution < 1.29 is 4.79 Å². The molecule has 0 aromatic heterocycles. The summed E-state index contributed by atoms with van der Waals surface area (Å²) in [7, 11) is 1.77. The summed E-state index contributed by atoms with van der Waals surface area (Å²) in [5, 5.41) is 2.85. The van der Waals surface area contributed by atoms with E-state index in [-0.39, 0.29) is 11.4 Å². The van der Waals surface area contributed by atoms with Crippen LogP contribution < -0.4 is 11.1 Å². The van der Waals surface area contributed by atoms with Crippen molar-refractivity contribution in [3.8, 4) is 0 Å². The molecule has 4 heteroatoms. The Morgan fingerprint density at radius 3 is 2.33 bits per heavy atom. The molecule has 4 nitrogen and oxygen atoms in total. The number of hydrogen-bond acceptors (Lipinski definition) is 2. The molecule has 0 saturated heterocycles. The van der Waals surface area contributed by atoms with Crippen LogP contribution in [0.3, 0.4) is 0 Å². The van der Waals surface area contributed by atoms with Gasteiger partial charge in [0.05, 0.1) is 0 Å². The van der Waals surface area contributed by atoms with E-state index in [2.05, 4.69) is 19.2 Å². The second-order valence-corrected chi connectivity index (χ2v) is 5.11. The number of nitrogens with one attached hydrogen (secondary N) is 1. The summed E-state index contributed by atoms with van der Waals surface area (Å²) >= 11 is 0. The second kappa shape index (κ2) is 5.87. The Morgan fingerprint density at radius 1 is 1.33 bits per heavy atom. The SMILES string of the molecule is CCN(C)C(=O)Nc1ccc(C(C)(C)CN)cc1. The first kappa shape index (κ1) is 14.5. The van der Waals surface area contributed by atoms with Crippen molar-refractivity contribution in [3.05, 3.63) is 29.8 Å². The normalized spacial score (nSPS) is 11.2. The van der Waals surface area contributed by atoms with Gasteiger partial charge >= 0.3 is 6.03 Å². The van der Waals surface area contributed by atoms with E-state index in [9.17, 15) is 4.79 Å². The quantitative estimate of drug-likeness (QED) is 0.861. The van der Waals surface area contributed by atoms with Crippen LogP contribution in [-0.2, 0) is 5.41 Å². The Balaban J connectivity index is 2.75. The lowest BCUT2D eigenvalue weighted by Crippen LogP contribution is -2.31. The highest BCUT2D eigenvalue weighted by atomic mass is 16.2. The van der Waals surface area contributed by atoms with Gasteiger partial charge in [-0.2, -0.15) is 0 Å². The topological polar surface area (TPSA) is 58.4 Å². The maximum atomic E-state index is 11.7. The van der Waals surface area contributed by atoms with Gasteiger partial charge in [-0.05, 0) is 24.6 Å². The zero-order valence-electron chi connectivity index (χ0n) is 11.7. The van der Waals surface area contributed by atoms with Gasteiger partial charge in [-0.25, -0.2) is 4.79 Å². The Hall–Kier alpha value is -1.55. The van der Waals surface area contributed by atoms with Crippen molar-refractivity contribution in [1.29, 1.82) is 0 Å². The Kier molecular flexibility index (Phi) is 4.73. The van der Waals surface area contributed by atoms with Crippen LogP contribution in [0, 0.1) is 0 Å². The molecule has 0 saturated carbocycles. The summed E-state index contributed by atoms with van der Waals surface area (Å²) in [6, 6.07) is 7.74. The van der Waals surface area contributed by atoms with Crippen molar-refractivity contribution in [2.45, 2.75) is 26.2 Å². The van der Waals surface area contributed by atoms with E-state index >= 15 is 0 Å². The lowest BCUT2D eigenvalue weighted by molar-refractivity contribution is 0.224. The smallest absolute Gasteiger partial charge is 0.321 e. The molecular formula is C14H23N3O. The molecule has 2 amide bonds. The first-order chi connectivity index (χ1) is 8.40. The van der Waals surface area contributed by atoms with Crippen molar-refractivity contribution >= 4 is 11.7 Å². The highest BCUT2D eigenvalue weighted by Crippen LogP contribution is 2.23.